The summed E-state index contributed by atoms with van der Waals surface area (Å²) in [6, 6.07) is 4.02. The fraction of sp³-hybridized carbons (Fsp3) is 0.417. The molecule has 0 saturated heterocycles. The molecule has 0 atom stereocenters. The van der Waals surface area contributed by atoms with Gasteiger partial charge in [0.15, 0.2) is 0 Å². The van der Waals surface area contributed by atoms with Crippen molar-refractivity contribution in [1.29, 1.82) is 0 Å². The summed E-state index contributed by atoms with van der Waals surface area (Å²) in [5, 5.41) is 2.95. The molecule has 0 fully saturated rings. The van der Waals surface area contributed by atoms with Gasteiger partial charge in [-0.15, -0.1) is 0 Å². The van der Waals surface area contributed by atoms with Crippen molar-refractivity contribution < 1.29 is 4.79 Å². The Bertz CT molecular complexity index is 351. The molecule has 1 aromatic carbocycles. The van der Waals surface area contributed by atoms with Gasteiger partial charge in [0.25, 0.3) is 0 Å². The summed E-state index contributed by atoms with van der Waals surface area (Å²) >= 11 is 3.43. The quantitative estimate of drug-likeness (QED) is 0.889. The van der Waals surface area contributed by atoms with Crippen molar-refractivity contribution >= 4 is 27.5 Å². The van der Waals surface area contributed by atoms with Crippen molar-refractivity contribution in [3.05, 3.63) is 27.7 Å². The molecule has 82 valence electrons. The predicted octanol–water partition coefficient (Wildman–Crippen LogP) is 3.80. The van der Waals surface area contributed by atoms with Crippen molar-refractivity contribution in [2.24, 2.45) is 0 Å². The standard InChI is InChI=1S/C12H16BrNO/c1-4-5-11(15)14-12-8(2)6-10(13)7-9(12)3/h6-7H,4-5H2,1-3H3,(H,14,15). The third kappa shape index (κ3) is 3.34. The molecule has 0 radical (unpaired) electrons. The van der Waals surface area contributed by atoms with Crippen molar-refractivity contribution in [3.63, 3.8) is 0 Å². The lowest BCUT2D eigenvalue weighted by molar-refractivity contribution is -0.116. The maximum Gasteiger partial charge on any atom is 0.224 e. The summed E-state index contributed by atoms with van der Waals surface area (Å²) < 4.78 is 1.05. The number of aryl methyl sites for hydroxylation is 2. The number of benzene rings is 1. The van der Waals surface area contributed by atoms with Crippen LogP contribution in [0.1, 0.15) is 30.9 Å². The van der Waals surface area contributed by atoms with Crippen LogP contribution in [0.4, 0.5) is 5.69 Å². The monoisotopic (exact) mass is 269 g/mol. The highest BCUT2D eigenvalue weighted by Crippen LogP contribution is 2.25. The van der Waals surface area contributed by atoms with E-state index in [-0.39, 0.29) is 5.91 Å². The van der Waals surface area contributed by atoms with Crippen molar-refractivity contribution in [1.82, 2.24) is 0 Å². The normalized spacial score (nSPS) is 10.1. The summed E-state index contributed by atoms with van der Waals surface area (Å²) in [6.45, 7) is 6.00. The lowest BCUT2D eigenvalue weighted by Crippen LogP contribution is -2.12. The molecule has 0 aliphatic rings. The van der Waals surface area contributed by atoms with Crippen LogP contribution in [0.3, 0.4) is 0 Å². The van der Waals surface area contributed by atoms with Gasteiger partial charge in [-0.25, -0.2) is 0 Å². The molecule has 2 nitrogen and oxygen atoms in total. The van der Waals surface area contributed by atoms with Gasteiger partial charge in [-0.1, -0.05) is 22.9 Å². The second-order valence-corrected chi connectivity index (χ2v) is 4.63. The van der Waals surface area contributed by atoms with E-state index in [1.807, 2.05) is 32.9 Å². The van der Waals surface area contributed by atoms with Gasteiger partial charge in [0, 0.05) is 16.6 Å². The highest BCUT2D eigenvalue weighted by atomic mass is 79.9. The molecule has 0 aliphatic carbocycles. The summed E-state index contributed by atoms with van der Waals surface area (Å²) in [5.74, 6) is 0.0889. The molecule has 0 aliphatic heterocycles. The Balaban J connectivity index is 2.90. The average molecular weight is 270 g/mol. The first-order chi connectivity index (χ1) is 7.04. The summed E-state index contributed by atoms with van der Waals surface area (Å²) in [6.07, 6.45) is 1.45. The maximum absolute atomic E-state index is 11.5. The molecule has 0 aromatic heterocycles. The van der Waals surface area contributed by atoms with Gasteiger partial charge in [-0.2, -0.15) is 0 Å². The molecule has 0 unspecified atom stereocenters. The van der Waals surface area contributed by atoms with Crippen LogP contribution in [-0.4, -0.2) is 5.91 Å². The van der Waals surface area contributed by atoms with E-state index in [0.29, 0.717) is 6.42 Å². The van der Waals surface area contributed by atoms with E-state index >= 15 is 0 Å². The van der Waals surface area contributed by atoms with Crippen LogP contribution in [0.25, 0.3) is 0 Å². The zero-order valence-corrected chi connectivity index (χ0v) is 10.9. The lowest BCUT2D eigenvalue weighted by atomic mass is 10.1. The van der Waals surface area contributed by atoms with E-state index < -0.39 is 0 Å². The topological polar surface area (TPSA) is 29.1 Å². The van der Waals surface area contributed by atoms with E-state index in [4.69, 9.17) is 0 Å². The first-order valence-electron chi connectivity index (χ1n) is 5.11. The van der Waals surface area contributed by atoms with Crippen LogP contribution in [0.2, 0.25) is 0 Å². The Morgan fingerprint density at radius 2 is 1.87 bits per heavy atom. The Labute approximate surface area is 99.2 Å². The molecule has 15 heavy (non-hydrogen) atoms. The first kappa shape index (κ1) is 12.2. The summed E-state index contributed by atoms with van der Waals surface area (Å²) in [5.41, 5.74) is 3.12. The number of hydrogen-bond acceptors (Lipinski definition) is 1. The predicted molar refractivity (Wildman–Crippen MR) is 67.2 cm³/mol. The molecule has 1 N–H and O–H groups in total. The van der Waals surface area contributed by atoms with Gasteiger partial charge in [0.05, 0.1) is 0 Å². The minimum Gasteiger partial charge on any atom is -0.326 e. The molecule has 0 spiro atoms. The van der Waals surface area contributed by atoms with Crippen LogP contribution < -0.4 is 5.32 Å². The van der Waals surface area contributed by atoms with Crippen LogP contribution in [-0.2, 0) is 4.79 Å². The summed E-state index contributed by atoms with van der Waals surface area (Å²) in [4.78, 5) is 11.5. The lowest BCUT2D eigenvalue weighted by Gasteiger charge is -2.11. The van der Waals surface area contributed by atoms with Gasteiger partial charge in [0.2, 0.25) is 5.91 Å². The number of hydrogen-bond donors (Lipinski definition) is 1. The number of rotatable bonds is 3. The molecule has 0 heterocycles. The molecular formula is C12H16BrNO. The van der Waals surface area contributed by atoms with Crippen molar-refractivity contribution in [2.75, 3.05) is 5.32 Å². The van der Waals surface area contributed by atoms with Crippen LogP contribution >= 0.6 is 15.9 Å². The molecule has 0 saturated carbocycles. The van der Waals surface area contributed by atoms with E-state index in [1.165, 1.54) is 0 Å². The molecule has 3 heteroatoms. The van der Waals surface area contributed by atoms with Crippen LogP contribution in [0.5, 0.6) is 0 Å². The van der Waals surface area contributed by atoms with E-state index in [0.717, 1.165) is 27.7 Å². The second kappa shape index (κ2) is 5.31. The van der Waals surface area contributed by atoms with Crippen molar-refractivity contribution in [2.45, 2.75) is 33.6 Å². The van der Waals surface area contributed by atoms with Crippen molar-refractivity contribution in [3.8, 4) is 0 Å². The molecule has 1 aromatic rings. The fourth-order valence-electron chi connectivity index (χ4n) is 1.54. The highest BCUT2D eigenvalue weighted by Gasteiger charge is 2.07. The Morgan fingerprint density at radius 3 is 2.33 bits per heavy atom. The molecular weight excluding hydrogens is 254 g/mol. The molecule has 1 amide bonds. The van der Waals surface area contributed by atoms with Crippen LogP contribution in [0, 0.1) is 13.8 Å². The highest BCUT2D eigenvalue weighted by molar-refractivity contribution is 9.10. The van der Waals surface area contributed by atoms with Crippen LogP contribution in [0.15, 0.2) is 16.6 Å². The number of anilines is 1. The van der Waals surface area contributed by atoms with Gasteiger partial charge in [-0.3, -0.25) is 4.79 Å². The number of carbonyl (C=O) groups excluding carboxylic acids is 1. The van der Waals surface area contributed by atoms with Gasteiger partial charge in [0.1, 0.15) is 0 Å². The van der Waals surface area contributed by atoms with E-state index in [2.05, 4.69) is 21.2 Å². The van der Waals surface area contributed by atoms with Gasteiger partial charge >= 0.3 is 0 Å². The third-order valence-electron chi connectivity index (χ3n) is 2.24. The minimum atomic E-state index is 0.0889. The Hall–Kier alpha value is -0.830. The number of halogens is 1. The van der Waals surface area contributed by atoms with E-state index in [9.17, 15) is 4.79 Å². The summed E-state index contributed by atoms with van der Waals surface area (Å²) in [7, 11) is 0. The largest absolute Gasteiger partial charge is 0.326 e. The number of nitrogens with one attached hydrogen (secondary N) is 1. The smallest absolute Gasteiger partial charge is 0.224 e. The first-order valence-corrected chi connectivity index (χ1v) is 5.90. The van der Waals surface area contributed by atoms with Gasteiger partial charge in [-0.05, 0) is 43.5 Å². The Kier molecular flexibility index (Phi) is 4.33. The number of amides is 1. The fourth-order valence-corrected chi connectivity index (χ4v) is 2.22. The minimum absolute atomic E-state index is 0.0889. The molecule has 1 rings (SSSR count). The third-order valence-corrected chi connectivity index (χ3v) is 2.70. The van der Waals surface area contributed by atoms with E-state index in [1.54, 1.807) is 0 Å². The van der Waals surface area contributed by atoms with Gasteiger partial charge < -0.3 is 5.32 Å². The zero-order valence-electron chi connectivity index (χ0n) is 9.36. The Morgan fingerprint density at radius 1 is 1.33 bits per heavy atom. The zero-order chi connectivity index (χ0) is 11.4. The SMILES string of the molecule is CCCC(=O)Nc1c(C)cc(Br)cc1C. The maximum atomic E-state index is 11.5. The second-order valence-electron chi connectivity index (χ2n) is 3.71. The molecule has 0 bridgehead atoms. The number of carbonyl (C=O) groups is 1. The average Bonchev–Trinajstić information content (AvgIpc) is 2.11.